The second kappa shape index (κ2) is 8.60. The monoisotopic (exact) mass is 354 g/mol. The molecule has 0 bridgehead atoms. The minimum Gasteiger partial charge on any atom is -0.352 e. The summed E-state index contributed by atoms with van der Waals surface area (Å²) in [7, 11) is 2.17. The number of rotatable bonds is 6. The van der Waals surface area contributed by atoms with Crippen LogP contribution in [0.4, 0.5) is 0 Å². The van der Waals surface area contributed by atoms with Gasteiger partial charge in [-0.1, -0.05) is 18.2 Å². The van der Waals surface area contributed by atoms with E-state index < -0.39 is 0 Å². The summed E-state index contributed by atoms with van der Waals surface area (Å²) >= 11 is 0. The zero-order valence-corrected chi connectivity index (χ0v) is 16.2. The summed E-state index contributed by atoms with van der Waals surface area (Å²) in [5.74, 6) is 0.128. The number of amides is 1. The first-order valence-corrected chi connectivity index (χ1v) is 9.57. The average Bonchev–Trinajstić information content (AvgIpc) is 2.66. The summed E-state index contributed by atoms with van der Waals surface area (Å²) in [4.78, 5) is 21.6. The lowest BCUT2D eigenvalue weighted by atomic mass is 10.0. The lowest BCUT2D eigenvalue weighted by molar-refractivity contribution is -0.121. The van der Waals surface area contributed by atoms with E-state index in [1.807, 2.05) is 12.3 Å². The maximum absolute atomic E-state index is 12.3. The highest BCUT2D eigenvalue weighted by molar-refractivity contribution is 5.85. The molecular formula is C21H30N4O. The van der Waals surface area contributed by atoms with Crippen molar-refractivity contribution in [3.63, 3.8) is 0 Å². The van der Waals surface area contributed by atoms with Crippen molar-refractivity contribution in [2.24, 2.45) is 0 Å². The van der Waals surface area contributed by atoms with Crippen molar-refractivity contribution in [1.29, 1.82) is 0 Å². The number of nitrogens with one attached hydrogen (secondary N) is 1. The Balaban J connectivity index is 1.49. The molecule has 0 radical (unpaired) electrons. The quantitative estimate of drug-likeness (QED) is 0.866. The number of hydrogen-bond donors (Lipinski definition) is 1. The van der Waals surface area contributed by atoms with Crippen LogP contribution in [0.2, 0.25) is 0 Å². The molecule has 5 heteroatoms. The molecule has 140 valence electrons. The van der Waals surface area contributed by atoms with E-state index in [1.54, 1.807) is 0 Å². The SMILES string of the molecule is Cc1ccc(CNC(=O)CC[C@@H](C)N2CCN(C)CC2)c2cccnc12. The van der Waals surface area contributed by atoms with Crippen LogP contribution >= 0.6 is 0 Å². The summed E-state index contributed by atoms with van der Waals surface area (Å²) in [5.41, 5.74) is 3.30. The highest BCUT2D eigenvalue weighted by Crippen LogP contribution is 2.20. The van der Waals surface area contributed by atoms with E-state index >= 15 is 0 Å². The lowest BCUT2D eigenvalue weighted by Crippen LogP contribution is -2.48. The Kier molecular flexibility index (Phi) is 6.22. The van der Waals surface area contributed by atoms with Crippen LogP contribution in [0.1, 0.15) is 30.9 Å². The number of carbonyl (C=O) groups is 1. The second-order valence-electron chi connectivity index (χ2n) is 7.44. The molecule has 1 aliphatic rings. The number of hydrogen-bond acceptors (Lipinski definition) is 4. The van der Waals surface area contributed by atoms with Gasteiger partial charge in [-0.25, -0.2) is 0 Å². The molecule has 2 aromatic rings. The van der Waals surface area contributed by atoms with Crippen LogP contribution in [0.15, 0.2) is 30.5 Å². The average molecular weight is 354 g/mol. The standard InChI is InChI=1S/C21H30N4O/c1-16-6-8-18(19-5-4-10-22-21(16)19)15-23-20(26)9-7-17(2)25-13-11-24(3)12-14-25/h4-6,8,10,17H,7,9,11-15H2,1-3H3,(H,23,26)/t17-/m1/s1. The minimum atomic E-state index is 0.128. The minimum absolute atomic E-state index is 0.128. The highest BCUT2D eigenvalue weighted by atomic mass is 16.1. The van der Waals surface area contributed by atoms with Crippen molar-refractivity contribution in [3.8, 4) is 0 Å². The molecule has 1 aromatic carbocycles. The van der Waals surface area contributed by atoms with E-state index in [1.165, 1.54) is 0 Å². The Bertz CT molecular complexity index is 753. The van der Waals surface area contributed by atoms with Gasteiger partial charge in [0, 0.05) is 56.8 Å². The molecular weight excluding hydrogens is 324 g/mol. The van der Waals surface area contributed by atoms with Crippen LogP contribution in [-0.4, -0.2) is 60.0 Å². The zero-order chi connectivity index (χ0) is 18.5. The van der Waals surface area contributed by atoms with Gasteiger partial charge in [-0.2, -0.15) is 0 Å². The summed E-state index contributed by atoms with van der Waals surface area (Å²) in [6, 6.07) is 8.65. The van der Waals surface area contributed by atoms with Crippen LogP contribution in [-0.2, 0) is 11.3 Å². The van der Waals surface area contributed by atoms with Gasteiger partial charge in [0.1, 0.15) is 0 Å². The molecule has 1 amide bonds. The van der Waals surface area contributed by atoms with E-state index in [0.717, 1.165) is 54.6 Å². The predicted octanol–water partition coefficient (Wildman–Crippen LogP) is 2.58. The van der Waals surface area contributed by atoms with Gasteiger partial charge in [0.25, 0.3) is 0 Å². The van der Waals surface area contributed by atoms with E-state index in [0.29, 0.717) is 19.0 Å². The van der Waals surface area contributed by atoms with Crippen molar-refractivity contribution in [1.82, 2.24) is 20.1 Å². The Morgan fingerprint density at radius 2 is 2.00 bits per heavy atom. The Morgan fingerprint density at radius 3 is 2.77 bits per heavy atom. The van der Waals surface area contributed by atoms with E-state index in [9.17, 15) is 4.79 Å². The van der Waals surface area contributed by atoms with Gasteiger partial charge in [-0.05, 0) is 44.5 Å². The lowest BCUT2D eigenvalue weighted by Gasteiger charge is -2.36. The first kappa shape index (κ1) is 18.8. The van der Waals surface area contributed by atoms with Crippen molar-refractivity contribution in [2.45, 2.75) is 39.3 Å². The molecule has 2 heterocycles. The van der Waals surface area contributed by atoms with Crippen LogP contribution in [0.25, 0.3) is 10.9 Å². The number of pyridine rings is 1. The van der Waals surface area contributed by atoms with Crippen molar-refractivity contribution < 1.29 is 4.79 Å². The van der Waals surface area contributed by atoms with Crippen LogP contribution < -0.4 is 5.32 Å². The predicted molar refractivity (Wildman–Crippen MR) is 106 cm³/mol. The summed E-state index contributed by atoms with van der Waals surface area (Å²) in [6.07, 6.45) is 3.30. The maximum Gasteiger partial charge on any atom is 0.220 e. The number of aryl methyl sites for hydroxylation is 1. The molecule has 0 spiro atoms. The molecule has 1 aliphatic heterocycles. The molecule has 0 unspecified atom stereocenters. The fourth-order valence-corrected chi connectivity index (χ4v) is 3.59. The molecule has 1 fully saturated rings. The molecule has 3 rings (SSSR count). The molecule has 0 aliphatic carbocycles. The smallest absolute Gasteiger partial charge is 0.220 e. The van der Waals surface area contributed by atoms with Gasteiger partial charge in [0.05, 0.1) is 5.52 Å². The third-order valence-corrected chi connectivity index (χ3v) is 5.49. The Labute approximate surface area is 156 Å². The number of nitrogens with zero attached hydrogens (tertiary/aromatic N) is 3. The number of likely N-dealkylation sites (N-methyl/N-ethyl adjacent to an activating group) is 1. The van der Waals surface area contributed by atoms with Gasteiger partial charge < -0.3 is 10.2 Å². The number of benzene rings is 1. The second-order valence-corrected chi connectivity index (χ2v) is 7.44. The Morgan fingerprint density at radius 1 is 1.23 bits per heavy atom. The third-order valence-electron chi connectivity index (χ3n) is 5.49. The first-order chi connectivity index (χ1) is 12.5. The fraction of sp³-hybridized carbons (Fsp3) is 0.524. The third kappa shape index (κ3) is 4.59. The van der Waals surface area contributed by atoms with Crippen LogP contribution in [0, 0.1) is 6.92 Å². The molecule has 0 saturated carbocycles. The van der Waals surface area contributed by atoms with Gasteiger partial charge in [0.2, 0.25) is 5.91 Å². The van der Waals surface area contributed by atoms with E-state index in [2.05, 4.69) is 59.2 Å². The van der Waals surface area contributed by atoms with Gasteiger partial charge in [-0.3, -0.25) is 14.7 Å². The van der Waals surface area contributed by atoms with Gasteiger partial charge in [0.15, 0.2) is 0 Å². The van der Waals surface area contributed by atoms with Crippen molar-refractivity contribution in [2.75, 3.05) is 33.2 Å². The number of piperazine rings is 1. The maximum atomic E-state index is 12.3. The van der Waals surface area contributed by atoms with Crippen LogP contribution in [0.3, 0.4) is 0 Å². The molecule has 1 N–H and O–H groups in total. The molecule has 1 atom stereocenters. The van der Waals surface area contributed by atoms with E-state index in [-0.39, 0.29) is 5.91 Å². The van der Waals surface area contributed by atoms with E-state index in [4.69, 9.17) is 0 Å². The molecule has 1 aromatic heterocycles. The summed E-state index contributed by atoms with van der Waals surface area (Å²) < 4.78 is 0. The number of carbonyl (C=O) groups excluding carboxylic acids is 1. The van der Waals surface area contributed by atoms with Crippen LogP contribution in [0.5, 0.6) is 0 Å². The number of fused-ring (bicyclic) bond motifs is 1. The van der Waals surface area contributed by atoms with Crippen molar-refractivity contribution >= 4 is 16.8 Å². The zero-order valence-electron chi connectivity index (χ0n) is 16.2. The largest absolute Gasteiger partial charge is 0.352 e. The Hall–Kier alpha value is -1.98. The fourth-order valence-electron chi connectivity index (χ4n) is 3.59. The van der Waals surface area contributed by atoms with Gasteiger partial charge in [-0.15, -0.1) is 0 Å². The topological polar surface area (TPSA) is 48.5 Å². The molecule has 26 heavy (non-hydrogen) atoms. The number of aromatic nitrogens is 1. The summed E-state index contributed by atoms with van der Waals surface area (Å²) in [5, 5.41) is 4.21. The highest BCUT2D eigenvalue weighted by Gasteiger charge is 2.19. The van der Waals surface area contributed by atoms with Gasteiger partial charge >= 0.3 is 0 Å². The van der Waals surface area contributed by atoms with Crippen molar-refractivity contribution in [3.05, 3.63) is 41.6 Å². The summed E-state index contributed by atoms with van der Waals surface area (Å²) in [6.45, 7) is 9.29. The first-order valence-electron chi connectivity index (χ1n) is 9.57. The normalized spacial score (nSPS) is 17.3. The molecule has 1 saturated heterocycles. The molecule has 5 nitrogen and oxygen atoms in total.